The molecule has 0 spiro atoms. The molecular formula is C15H22ClN5O. The molecule has 3 heterocycles. The number of carbonyl (C=O) groups excluding carboxylic acids is 1. The van der Waals surface area contributed by atoms with Crippen LogP contribution in [-0.4, -0.2) is 71.5 Å². The van der Waals surface area contributed by atoms with E-state index >= 15 is 0 Å². The van der Waals surface area contributed by atoms with E-state index in [1.807, 2.05) is 4.90 Å². The van der Waals surface area contributed by atoms with E-state index in [2.05, 4.69) is 33.7 Å². The summed E-state index contributed by atoms with van der Waals surface area (Å²) >= 11 is 6.19. The lowest BCUT2D eigenvalue weighted by Crippen LogP contribution is -2.53. The third-order valence-corrected chi connectivity index (χ3v) is 4.69. The predicted octanol–water partition coefficient (Wildman–Crippen LogP) is 1.51. The molecule has 2 saturated heterocycles. The number of carbonyl (C=O) groups is 1. The summed E-state index contributed by atoms with van der Waals surface area (Å²) in [6.45, 7) is 6.39. The SMILES string of the molecule is CC1CN(C)CCN1C(=O)c1nc(N2CCCC2)ncc1Cl. The molecule has 7 heteroatoms. The monoisotopic (exact) mass is 323 g/mol. The van der Waals surface area contributed by atoms with Crippen molar-refractivity contribution >= 4 is 23.5 Å². The fourth-order valence-corrected chi connectivity index (χ4v) is 3.33. The highest BCUT2D eigenvalue weighted by Gasteiger charge is 2.29. The Balaban J connectivity index is 1.83. The third kappa shape index (κ3) is 3.03. The van der Waals surface area contributed by atoms with Crippen molar-refractivity contribution in [3.05, 3.63) is 16.9 Å². The number of amides is 1. The van der Waals surface area contributed by atoms with Crippen molar-refractivity contribution in [2.24, 2.45) is 0 Å². The molecule has 1 unspecified atom stereocenters. The van der Waals surface area contributed by atoms with Crippen LogP contribution in [0.1, 0.15) is 30.3 Å². The molecule has 0 saturated carbocycles. The molecule has 0 aliphatic carbocycles. The van der Waals surface area contributed by atoms with Crippen LogP contribution in [0.3, 0.4) is 0 Å². The van der Waals surface area contributed by atoms with Crippen molar-refractivity contribution in [1.29, 1.82) is 0 Å². The fraction of sp³-hybridized carbons (Fsp3) is 0.667. The second-order valence-corrected chi connectivity index (χ2v) is 6.58. The maximum atomic E-state index is 12.8. The lowest BCUT2D eigenvalue weighted by atomic mass is 10.2. The smallest absolute Gasteiger partial charge is 0.274 e. The van der Waals surface area contributed by atoms with Crippen LogP contribution in [0.25, 0.3) is 0 Å². The number of halogens is 1. The Kier molecular flexibility index (Phi) is 4.49. The quantitative estimate of drug-likeness (QED) is 0.825. The lowest BCUT2D eigenvalue weighted by Gasteiger charge is -2.38. The first-order valence-electron chi connectivity index (χ1n) is 7.83. The van der Waals surface area contributed by atoms with Crippen molar-refractivity contribution < 1.29 is 4.79 Å². The Hall–Kier alpha value is -1.40. The van der Waals surface area contributed by atoms with Gasteiger partial charge >= 0.3 is 0 Å². The maximum Gasteiger partial charge on any atom is 0.274 e. The molecule has 3 rings (SSSR count). The van der Waals surface area contributed by atoms with Crippen LogP contribution in [0.4, 0.5) is 5.95 Å². The zero-order chi connectivity index (χ0) is 15.7. The molecule has 2 aliphatic heterocycles. The fourth-order valence-electron chi connectivity index (χ4n) is 3.15. The molecule has 1 aromatic rings. The summed E-state index contributed by atoms with van der Waals surface area (Å²) in [4.78, 5) is 27.8. The summed E-state index contributed by atoms with van der Waals surface area (Å²) in [6.07, 6.45) is 3.84. The number of aromatic nitrogens is 2. The molecule has 1 aromatic heterocycles. The first kappa shape index (κ1) is 15.5. The van der Waals surface area contributed by atoms with Crippen molar-refractivity contribution in [3.63, 3.8) is 0 Å². The lowest BCUT2D eigenvalue weighted by molar-refractivity contribution is 0.0528. The van der Waals surface area contributed by atoms with E-state index in [9.17, 15) is 4.79 Å². The molecule has 0 radical (unpaired) electrons. The summed E-state index contributed by atoms with van der Waals surface area (Å²) < 4.78 is 0. The van der Waals surface area contributed by atoms with Crippen LogP contribution in [0.5, 0.6) is 0 Å². The van der Waals surface area contributed by atoms with Crippen molar-refractivity contribution in [3.8, 4) is 0 Å². The molecule has 120 valence electrons. The number of nitrogens with zero attached hydrogens (tertiary/aromatic N) is 5. The molecule has 2 fully saturated rings. The summed E-state index contributed by atoms with van der Waals surface area (Å²) in [5.41, 5.74) is 0.329. The molecule has 0 N–H and O–H groups in total. The van der Waals surface area contributed by atoms with Gasteiger partial charge in [0.05, 0.1) is 11.2 Å². The largest absolute Gasteiger partial charge is 0.341 e. The maximum absolute atomic E-state index is 12.8. The van der Waals surface area contributed by atoms with Crippen molar-refractivity contribution in [1.82, 2.24) is 19.8 Å². The Labute approximate surface area is 136 Å². The van der Waals surface area contributed by atoms with E-state index in [-0.39, 0.29) is 11.9 Å². The van der Waals surface area contributed by atoms with E-state index in [0.29, 0.717) is 23.2 Å². The number of piperazine rings is 1. The minimum atomic E-state index is -0.0894. The van der Waals surface area contributed by atoms with Gasteiger partial charge in [0, 0.05) is 38.8 Å². The molecule has 2 aliphatic rings. The van der Waals surface area contributed by atoms with E-state index in [1.165, 1.54) is 0 Å². The number of rotatable bonds is 2. The van der Waals surface area contributed by atoms with Crippen molar-refractivity contribution in [2.45, 2.75) is 25.8 Å². The van der Waals surface area contributed by atoms with Gasteiger partial charge in [-0.1, -0.05) is 11.6 Å². The van der Waals surface area contributed by atoms with Gasteiger partial charge in [0.2, 0.25) is 5.95 Å². The highest BCUT2D eigenvalue weighted by atomic mass is 35.5. The average Bonchev–Trinajstić information content (AvgIpc) is 3.01. The summed E-state index contributed by atoms with van der Waals surface area (Å²) in [7, 11) is 2.07. The third-order valence-electron chi connectivity index (χ3n) is 4.41. The van der Waals surface area contributed by atoms with E-state index in [4.69, 9.17) is 11.6 Å². The highest BCUT2D eigenvalue weighted by molar-refractivity contribution is 6.33. The van der Waals surface area contributed by atoms with Gasteiger partial charge in [0.15, 0.2) is 5.69 Å². The van der Waals surface area contributed by atoms with Gasteiger partial charge in [0.25, 0.3) is 5.91 Å². The van der Waals surface area contributed by atoms with Gasteiger partial charge in [-0.25, -0.2) is 9.97 Å². The standard InChI is InChI=1S/C15H22ClN5O/c1-11-10-19(2)7-8-21(11)14(22)13-12(16)9-17-15(18-13)20-5-3-4-6-20/h9,11H,3-8,10H2,1-2H3. The summed E-state index contributed by atoms with van der Waals surface area (Å²) in [5.74, 6) is 0.528. The van der Waals surface area contributed by atoms with Crippen LogP contribution in [0.15, 0.2) is 6.20 Å². The molecule has 0 aromatic carbocycles. The average molecular weight is 324 g/mol. The number of hydrogen-bond acceptors (Lipinski definition) is 5. The Morgan fingerprint density at radius 1 is 1.27 bits per heavy atom. The zero-order valence-electron chi connectivity index (χ0n) is 13.1. The van der Waals surface area contributed by atoms with Gasteiger partial charge in [-0.15, -0.1) is 0 Å². The molecular weight excluding hydrogens is 302 g/mol. The number of likely N-dealkylation sites (N-methyl/N-ethyl adjacent to an activating group) is 1. The minimum Gasteiger partial charge on any atom is -0.341 e. The molecule has 0 bridgehead atoms. The second kappa shape index (κ2) is 6.38. The van der Waals surface area contributed by atoms with Crippen LogP contribution < -0.4 is 4.90 Å². The van der Waals surface area contributed by atoms with Crippen LogP contribution in [-0.2, 0) is 0 Å². The number of hydrogen-bond donors (Lipinski definition) is 0. The van der Waals surface area contributed by atoms with E-state index in [0.717, 1.165) is 39.0 Å². The molecule has 22 heavy (non-hydrogen) atoms. The first-order chi connectivity index (χ1) is 10.6. The predicted molar refractivity (Wildman–Crippen MR) is 86.5 cm³/mol. The van der Waals surface area contributed by atoms with Crippen molar-refractivity contribution in [2.75, 3.05) is 44.7 Å². The Morgan fingerprint density at radius 3 is 2.68 bits per heavy atom. The van der Waals surface area contributed by atoms with Gasteiger partial charge in [-0.2, -0.15) is 0 Å². The van der Waals surface area contributed by atoms with Crippen LogP contribution in [0.2, 0.25) is 5.02 Å². The molecule has 1 atom stereocenters. The zero-order valence-corrected chi connectivity index (χ0v) is 13.9. The topological polar surface area (TPSA) is 52.6 Å². The van der Waals surface area contributed by atoms with E-state index < -0.39 is 0 Å². The summed E-state index contributed by atoms with van der Waals surface area (Å²) in [6, 6.07) is 0.160. The van der Waals surface area contributed by atoms with Gasteiger partial charge in [-0.3, -0.25) is 4.79 Å². The second-order valence-electron chi connectivity index (χ2n) is 6.17. The van der Waals surface area contributed by atoms with Gasteiger partial charge in [0.1, 0.15) is 0 Å². The molecule has 6 nitrogen and oxygen atoms in total. The molecule has 1 amide bonds. The van der Waals surface area contributed by atoms with Crippen LogP contribution >= 0.6 is 11.6 Å². The Morgan fingerprint density at radius 2 is 2.00 bits per heavy atom. The van der Waals surface area contributed by atoms with Gasteiger partial charge < -0.3 is 14.7 Å². The normalized spacial score (nSPS) is 23.1. The van der Waals surface area contributed by atoms with E-state index in [1.54, 1.807) is 6.20 Å². The van der Waals surface area contributed by atoms with Crippen LogP contribution in [0, 0.1) is 0 Å². The first-order valence-corrected chi connectivity index (χ1v) is 8.21. The Bertz CT molecular complexity index is 561. The highest BCUT2D eigenvalue weighted by Crippen LogP contribution is 2.22. The van der Waals surface area contributed by atoms with Gasteiger partial charge in [-0.05, 0) is 26.8 Å². The number of anilines is 1. The minimum absolute atomic E-state index is 0.0894. The summed E-state index contributed by atoms with van der Waals surface area (Å²) in [5, 5.41) is 0.332.